The lowest BCUT2D eigenvalue weighted by atomic mass is 9.47. The van der Waals surface area contributed by atoms with Crippen molar-refractivity contribution in [1.82, 2.24) is 5.16 Å². The van der Waals surface area contributed by atoms with Gasteiger partial charge in [-0.15, -0.1) is 0 Å². The fourth-order valence-corrected chi connectivity index (χ4v) is 7.14. The Balaban J connectivity index is 1.54. The molecule has 1 aromatic heterocycles. The summed E-state index contributed by atoms with van der Waals surface area (Å²) in [4.78, 5) is 0. The summed E-state index contributed by atoms with van der Waals surface area (Å²) in [6, 6.07) is 0. The predicted octanol–water partition coefficient (Wildman–Crippen LogP) is 4.32. The highest BCUT2D eigenvalue weighted by atomic mass is 16.5. The van der Waals surface area contributed by atoms with E-state index in [0.717, 1.165) is 43.2 Å². The summed E-state index contributed by atoms with van der Waals surface area (Å²) in [6.45, 7) is 7.07. The smallest absolute Gasteiger partial charge is 0.141 e. The molecular formula is C21H29NO2. The monoisotopic (exact) mass is 327 g/mol. The average molecular weight is 327 g/mol. The molecule has 0 unspecified atom stereocenters. The quantitative estimate of drug-likeness (QED) is 0.722. The van der Waals surface area contributed by atoms with Crippen LogP contribution in [0.3, 0.4) is 0 Å². The van der Waals surface area contributed by atoms with Gasteiger partial charge in [-0.3, -0.25) is 0 Å². The summed E-state index contributed by atoms with van der Waals surface area (Å²) in [5, 5.41) is 14.4. The first-order chi connectivity index (χ1) is 11.4. The van der Waals surface area contributed by atoms with Gasteiger partial charge in [-0.05, 0) is 68.6 Å². The van der Waals surface area contributed by atoms with Gasteiger partial charge >= 0.3 is 0 Å². The van der Waals surface area contributed by atoms with Gasteiger partial charge in [0.15, 0.2) is 0 Å². The second-order valence-electron chi connectivity index (χ2n) is 9.38. The molecule has 0 radical (unpaired) electrons. The molecule has 0 saturated heterocycles. The van der Waals surface area contributed by atoms with E-state index in [1.165, 1.54) is 30.6 Å². The summed E-state index contributed by atoms with van der Waals surface area (Å²) < 4.78 is 5.69. The molecule has 2 saturated carbocycles. The van der Waals surface area contributed by atoms with Crippen molar-refractivity contribution in [2.24, 2.45) is 23.2 Å². The van der Waals surface area contributed by atoms with E-state index in [1.54, 1.807) is 5.57 Å². The van der Waals surface area contributed by atoms with E-state index in [1.807, 2.05) is 0 Å². The molecule has 0 aliphatic heterocycles. The lowest BCUT2D eigenvalue weighted by molar-refractivity contribution is -0.0172. The Morgan fingerprint density at radius 3 is 2.75 bits per heavy atom. The molecule has 6 atom stereocenters. The van der Waals surface area contributed by atoms with E-state index in [2.05, 4.69) is 32.0 Å². The second-order valence-corrected chi connectivity index (χ2v) is 9.38. The molecule has 24 heavy (non-hydrogen) atoms. The van der Waals surface area contributed by atoms with Gasteiger partial charge in [-0.25, -0.2) is 0 Å². The van der Waals surface area contributed by atoms with E-state index in [-0.39, 0.29) is 11.5 Å². The molecule has 0 aromatic carbocycles. The highest BCUT2D eigenvalue weighted by Gasteiger charge is 2.58. The fourth-order valence-electron chi connectivity index (χ4n) is 7.14. The van der Waals surface area contributed by atoms with Crippen molar-refractivity contribution in [3.63, 3.8) is 0 Å². The summed E-state index contributed by atoms with van der Waals surface area (Å²) >= 11 is 0. The number of nitrogens with zero attached hydrogens (tertiary/aromatic N) is 1. The number of rotatable bonds is 0. The van der Waals surface area contributed by atoms with Gasteiger partial charge in [-0.1, -0.05) is 30.7 Å². The van der Waals surface area contributed by atoms with Crippen LogP contribution in [0, 0.1) is 30.1 Å². The summed E-state index contributed by atoms with van der Waals surface area (Å²) in [5.41, 5.74) is 4.69. The van der Waals surface area contributed by atoms with Crippen LogP contribution in [0.15, 0.2) is 16.2 Å². The third-order valence-corrected chi connectivity index (χ3v) is 8.38. The number of aryl methyl sites for hydroxylation is 1. The van der Waals surface area contributed by atoms with Gasteiger partial charge in [0.25, 0.3) is 0 Å². The molecule has 1 heterocycles. The first-order valence-electron chi connectivity index (χ1n) is 9.76. The topological polar surface area (TPSA) is 46.3 Å². The Morgan fingerprint density at radius 2 is 1.92 bits per heavy atom. The molecule has 4 aliphatic carbocycles. The molecule has 5 rings (SSSR count). The van der Waals surface area contributed by atoms with Crippen LogP contribution in [-0.2, 0) is 11.8 Å². The summed E-state index contributed by atoms with van der Waals surface area (Å²) in [5.74, 6) is 3.41. The predicted molar refractivity (Wildman–Crippen MR) is 92.7 cm³/mol. The van der Waals surface area contributed by atoms with Gasteiger partial charge in [0.05, 0.1) is 11.8 Å². The minimum Gasteiger partial charge on any atom is -0.393 e. The first-order valence-corrected chi connectivity index (χ1v) is 9.76. The molecule has 130 valence electrons. The van der Waals surface area contributed by atoms with Crippen LogP contribution in [-0.4, -0.2) is 16.4 Å². The van der Waals surface area contributed by atoms with Crippen molar-refractivity contribution in [2.75, 3.05) is 0 Å². The van der Waals surface area contributed by atoms with Gasteiger partial charge in [0.1, 0.15) is 5.76 Å². The molecule has 2 fully saturated rings. The lowest BCUT2D eigenvalue weighted by Gasteiger charge is -2.57. The van der Waals surface area contributed by atoms with Gasteiger partial charge in [0.2, 0.25) is 0 Å². The molecule has 4 aliphatic rings. The summed E-state index contributed by atoms with van der Waals surface area (Å²) in [7, 11) is 0. The summed E-state index contributed by atoms with van der Waals surface area (Å²) in [6.07, 6.45) is 10.3. The zero-order valence-corrected chi connectivity index (χ0v) is 15.1. The van der Waals surface area contributed by atoms with Crippen molar-refractivity contribution in [2.45, 2.75) is 77.2 Å². The van der Waals surface area contributed by atoms with E-state index in [4.69, 9.17) is 4.52 Å². The highest BCUT2D eigenvalue weighted by Crippen LogP contribution is 2.64. The van der Waals surface area contributed by atoms with Crippen molar-refractivity contribution >= 4 is 0 Å². The van der Waals surface area contributed by atoms with Gasteiger partial charge < -0.3 is 9.63 Å². The standard InChI is InChI=1S/C21H29NO2/c1-12-19-18(24-22-12)11-17-15-5-4-13-10-14(23)6-8-20(13,2)16(15)7-9-21(17,19)3/h4,14-17,23H,5-11H2,1-3H3/t14-,15-,16+,17-,20-,21-/m0/s1. The van der Waals surface area contributed by atoms with Crippen LogP contribution < -0.4 is 0 Å². The SMILES string of the molecule is Cc1noc2c1[C@@]1(C)CC[C@@H]3[C@H](CC=C4C[C@@H](O)CC[C@@]43C)[C@@H]1C2. The van der Waals surface area contributed by atoms with Crippen molar-refractivity contribution < 1.29 is 9.63 Å². The molecule has 3 heteroatoms. The number of hydrogen-bond acceptors (Lipinski definition) is 3. The minimum absolute atomic E-state index is 0.112. The van der Waals surface area contributed by atoms with E-state index < -0.39 is 0 Å². The number of fused-ring (bicyclic) bond motifs is 7. The van der Waals surface area contributed by atoms with E-state index in [9.17, 15) is 5.11 Å². The third kappa shape index (κ3) is 1.75. The Morgan fingerprint density at radius 1 is 1.12 bits per heavy atom. The zero-order valence-electron chi connectivity index (χ0n) is 15.1. The average Bonchev–Trinajstić information content (AvgIpc) is 3.06. The van der Waals surface area contributed by atoms with Crippen LogP contribution in [0.2, 0.25) is 0 Å². The Kier molecular flexibility index (Phi) is 3.01. The minimum atomic E-state index is -0.112. The normalized spacial score (nSPS) is 46.6. The molecule has 0 spiro atoms. The third-order valence-electron chi connectivity index (χ3n) is 8.38. The Hall–Kier alpha value is -1.09. The van der Waals surface area contributed by atoms with Gasteiger partial charge in [-0.2, -0.15) is 0 Å². The fraction of sp³-hybridized carbons (Fsp3) is 0.762. The van der Waals surface area contributed by atoms with E-state index in [0.29, 0.717) is 11.3 Å². The van der Waals surface area contributed by atoms with Gasteiger partial charge in [0, 0.05) is 17.4 Å². The van der Waals surface area contributed by atoms with Crippen LogP contribution in [0.1, 0.15) is 69.4 Å². The molecule has 1 aromatic rings. The molecule has 3 nitrogen and oxygen atoms in total. The van der Waals surface area contributed by atoms with Crippen LogP contribution >= 0.6 is 0 Å². The van der Waals surface area contributed by atoms with Crippen molar-refractivity contribution in [3.05, 3.63) is 28.7 Å². The van der Waals surface area contributed by atoms with Crippen LogP contribution in [0.5, 0.6) is 0 Å². The zero-order chi connectivity index (χ0) is 16.7. The maximum absolute atomic E-state index is 10.1. The lowest BCUT2D eigenvalue weighted by Crippen LogP contribution is -2.51. The number of aromatic nitrogens is 1. The maximum Gasteiger partial charge on any atom is 0.141 e. The number of aliphatic hydroxyl groups excluding tert-OH is 1. The number of aliphatic hydroxyl groups is 1. The number of allylic oxidation sites excluding steroid dienone is 1. The van der Waals surface area contributed by atoms with E-state index >= 15 is 0 Å². The largest absolute Gasteiger partial charge is 0.393 e. The molecule has 1 N–H and O–H groups in total. The van der Waals surface area contributed by atoms with Crippen LogP contribution in [0.4, 0.5) is 0 Å². The van der Waals surface area contributed by atoms with Crippen LogP contribution in [0.25, 0.3) is 0 Å². The number of hydrogen-bond donors (Lipinski definition) is 1. The highest BCUT2D eigenvalue weighted by molar-refractivity contribution is 5.40. The Bertz CT molecular complexity index is 719. The first kappa shape index (κ1) is 15.2. The maximum atomic E-state index is 10.1. The van der Waals surface area contributed by atoms with Crippen molar-refractivity contribution in [1.29, 1.82) is 0 Å². The van der Waals surface area contributed by atoms with Crippen molar-refractivity contribution in [3.8, 4) is 0 Å². The second kappa shape index (κ2) is 4.75. The molecule has 0 bridgehead atoms. The Labute approximate surface area is 144 Å². The molecular weight excluding hydrogens is 298 g/mol. The molecule has 0 amide bonds.